The van der Waals surface area contributed by atoms with Crippen LogP contribution in [0.1, 0.15) is 33.1 Å². The van der Waals surface area contributed by atoms with Crippen LogP contribution >= 0.6 is 23.1 Å². The van der Waals surface area contributed by atoms with Gasteiger partial charge in [-0.2, -0.15) is 0 Å². The Balaban J connectivity index is 1.93. The minimum Gasteiger partial charge on any atom is -0.464 e. The number of hydrogen-bond acceptors (Lipinski definition) is 5. The van der Waals surface area contributed by atoms with Gasteiger partial charge in [0.1, 0.15) is 11.4 Å². The minimum atomic E-state index is -0.546. The van der Waals surface area contributed by atoms with Crippen LogP contribution in [0.4, 0.5) is 0 Å². The number of carbonyl (C=O) groups is 2. The molecule has 6 heteroatoms. The van der Waals surface area contributed by atoms with Crippen LogP contribution in [0.3, 0.4) is 0 Å². The van der Waals surface area contributed by atoms with Crippen molar-refractivity contribution in [1.29, 1.82) is 0 Å². The van der Waals surface area contributed by atoms with Gasteiger partial charge < -0.3 is 9.64 Å². The Kier molecular flexibility index (Phi) is 5.26. The van der Waals surface area contributed by atoms with Crippen molar-refractivity contribution in [1.82, 2.24) is 4.90 Å². The van der Waals surface area contributed by atoms with E-state index in [-0.39, 0.29) is 17.3 Å². The average Bonchev–Trinajstić information content (AvgIpc) is 3.24. The number of hydrogen-bond donors (Lipinski definition) is 0. The Hall–Kier alpha value is -1.79. The Morgan fingerprint density at radius 3 is 2.62 bits per heavy atom. The van der Waals surface area contributed by atoms with E-state index in [0.717, 1.165) is 10.4 Å². The molecule has 1 saturated heterocycles. The Morgan fingerprint density at radius 1 is 1.25 bits per heavy atom. The molecule has 2 unspecified atom stereocenters. The molecule has 1 aromatic carbocycles. The second-order valence-electron chi connectivity index (χ2n) is 5.55. The normalized spacial score (nSPS) is 20.2. The van der Waals surface area contributed by atoms with Crippen molar-refractivity contribution >= 4 is 35.0 Å². The average molecular weight is 361 g/mol. The SMILES string of the molecule is CCOC(=O)C1CSC(c2cccs2)N1C(=O)c1ccc(C)cc1. The van der Waals surface area contributed by atoms with Crippen LogP contribution < -0.4 is 0 Å². The number of nitrogens with zero attached hydrogens (tertiary/aromatic N) is 1. The summed E-state index contributed by atoms with van der Waals surface area (Å²) in [6.07, 6.45) is 0. The zero-order valence-electron chi connectivity index (χ0n) is 13.6. The number of benzene rings is 1. The van der Waals surface area contributed by atoms with Gasteiger partial charge in [0, 0.05) is 16.2 Å². The second-order valence-corrected chi connectivity index (χ2v) is 7.64. The van der Waals surface area contributed by atoms with E-state index >= 15 is 0 Å². The largest absolute Gasteiger partial charge is 0.464 e. The van der Waals surface area contributed by atoms with Crippen molar-refractivity contribution in [2.24, 2.45) is 0 Å². The first kappa shape index (κ1) is 17.0. The molecule has 1 aliphatic heterocycles. The Labute approximate surface area is 149 Å². The summed E-state index contributed by atoms with van der Waals surface area (Å²) in [5, 5.41) is 1.84. The monoisotopic (exact) mass is 361 g/mol. The summed E-state index contributed by atoms with van der Waals surface area (Å²) < 4.78 is 5.18. The number of ether oxygens (including phenoxy) is 1. The predicted octanol–water partition coefficient (Wildman–Crippen LogP) is 3.88. The first-order valence-electron chi connectivity index (χ1n) is 7.82. The lowest BCUT2D eigenvalue weighted by Gasteiger charge is -2.27. The molecule has 2 aromatic rings. The summed E-state index contributed by atoms with van der Waals surface area (Å²) in [7, 11) is 0. The maximum atomic E-state index is 13.1. The highest BCUT2D eigenvalue weighted by Gasteiger charge is 2.43. The summed E-state index contributed by atoms with van der Waals surface area (Å²) in [5.41, 5.74) is 1.69. The molecular weight excluding hydrogens is 342 g/mol. The van der Waals surface area contributed by atoms with Crippen LogP contribution in [0.5, 0.6) is 0 Å². The molecule has 0 aliphatic carbocycles. The summed E-state index contributed by atoms with van der Waals surface area (Å²) in [5.74, 6) is 0.0971. The number of aryl methyl sites for hydroxylation is 1. The fraction of sp³-hybridized carbons (Fsp3) is 0.333. The standard InChI is InChI=1S/C18H19NO3S2/c1-3-22-18(21)14-11-24-17(15-5-4-10-23-15)19(14)16(20)13-8-6-12(2)7-9-13/h4-10,14,17H,3,11H2,1-2H3. The molecule has 126 valence electrons. The third kappa shape index (κ3) is 3.35. The first-order valence-corrected chi connectivity index (χ1v) is 9.75. The fourth-order valence-corrected chi connectivity index (χ4v) is 5.05. The quantitative estimate of drug-likeness (QED) is 0.776. The Bertz CT molecular complexity index is 712. The molecule has 2 atom stereocenters. The number of thiophene rings is 1. The molecule has 4 nitrogen and oxygen atoms in total. The van der Waals surface area contributed by atoms with Crippen LogP contribution in [0, 0.1) is 6.92 Å². The molecule has 1 amide bonds. The van der Waals surface area contributed by atoms with Gasteiger partial charge in [-0.25, -0.2) is 4.79 Å². The van der Waals surface area contributed by atoms with E-state index < -0.39 is 6.04 Å². The van der Waals surface area contributed by atoms with E-state index in [1.165, 1.54) is 0 Å². The molecule has 0 saturated carbocycles. The summed E-state index contributed by atoms with van der Waals surface area (Å²) in [6.45, 7) is 4.08. The van der Waals surface area contributed by atoms with Gasteiger partial charge in [-0.15, -0.1) is 23.1 Å². The zero-order valence-corrected chi connectivity index (χ0v) is 15.2. The van der Waals surface area contributed by atoms with E-state index in [0.29, 0.717) is 17.9 Å². The first-order chi connectivity index (χ1) is 11.6. The number of esters is 1. The minimum absolute atomic E-state index is 0.128. The zero-order chi connectivity index (χ0) is 17.1. The molecule has 1 aromatic heterocycles. The molecule has 24 heavy (non-hydrogen) atoms. The van der Waals surface area contributed by atoms with Gasteiger partial charge >= 0.3 is 5.97 Å². The van der Waals surface area contributed by atoms with Gasteiger partial charge in [0.25, 0.3) is 5.91 Å². The molecular formula is C18H19NO3S2. The smallest absolute Gasteiger partial charge is 0.329 e. The van der Waals surface area contributed by atoms with Crippen LogP contribution in [-0.2, 0) is 9.53 Å². The molecule has 0 radical (unpaired) electrons. The second kappa shape index (κ2) is 7.40. The molecule has 0 spiro atoms. The number of amides is 1. The molecule has 0 N–H and O–H groups in total. The van der Waals surface area contributed by atoms with Crippen molar-refractivity contribution in [2.75, 3.05) is 12.4 Å². The van der Waals surface area contributed by atoms with E-state index in [4.69, 9.17) is 4.74 Å². The number of carbonyl (C=O) groups excluding carboxylic acids is 2. The van der Waals surface area contributed by atoms with Gasteiger partial charge in [0.2, 0.25) is 0 Å². The third-order valence-electron chi connectivity index (χ3n) is 3.88. The van der Waals surface area contributed by atoms with Crippen molar-refractivity contribution in [3.05, 3.63) is 57.8 Å². The number of thioether (sulfide) groups is 1. The van der Waals surface area contributed by atoms with Crippen LogP contribution in [0.2, 0.25) is 0 Å². The molecule has 1 aliphatic rings. The summed E-state index contributed by atoms with van der Waals surface area (Å²) >= 11 is 3.21. The molecule has 3 rings (SSSR count). The molecule has 2 heterocycles. The van der Waals surface area contributed by atoms with Crippen molar-refractivity contribution < 1.29 is 14.3 Å². The fourth-order valence-electron chi connectivity index (χ4n) is 2.67. The van der Waals surface area contributed by atoms with Crippen molar-refractivity contribution in [3.8, 4) is 0 Å². The van der Waals surface area contributed by atoms with E-state index in [2.05, 4.69) is 0 Å². The maximum Gasteiger partial charge on any atom is 0.329 e. The molecule has 1 fully saturated rings. The van der Waals surface area contributed by atoms with E-state index in [1.54, 1.807) is 34.9 Å². The topological polar surface area (TPSA) is 46.6 Å². The molecule has 0 bridgehead atoms. The van der Waals surface area contributed by atoms with Gasteiger partial charge in [0.05, 0.1) is 6.61 Å². The highest BCUT2D eigenvalue weighted by Crippen LogP contribution is 2.44. The number of rotatable bonds is 4. The van der Waals surface area contributed by atoms with E-state index in [9.17, 15) is 9.59 Å². The van der Waals surface area contributed by atoms with Gasteiger partial charge in [-0.05, 0) is 37.4 Å². The van der Waals surface area contributed by atoms with Gasteiger partial charge in [-0.1, -0.05) is 23.8 Å². The van der Waals surface area contributed by atoms with Crippen LogP contribution in [0.25, 0.3) is 0 Å². The lowest BCUT2D eigenvalue weighted by atomic mass is 10.1. The lowest BCUT2D eigenvalue weighted by Crippen LogP contribution is -2.43. The van der Waals surface area contributed by atoms with Gasteiger partial charge in [-0.3, -0.25) is 4.79 Å². The third-order valence-corrected chi connectivity index (χ3v) is 6.26. The van der Waals surface area contributed by atoms with Crippen LogP contribution in [-0.4, -0.2) is 35.2 Å². The maximum absolute atomic E-state index is 13.1. The Morgan fingerprint density at radius 2 is 2.00 bits per heavy atom. The van der Waals surface area contributed by atoms with Gasteiger partial charge in [0.15, 0.2) is 0 Å². The van der Waals surface area contributed by atoms with E-state index in [1.807, 2.05) is 48.7 Å². The van der Waals surface area contributed by atoms with Crippen LogP contribution in [0.15, 0.2) is 41.8 Å². The van der Waals surface area contributed by atoms with Crippen molar-refractivity contribution in [3.63, 3.8) is 0 Å². The van der Waals surface area contributed by atoms with Crippen molar-refractivity contribution in [2.45, 2.75) is 25.3 Å². The highest BCUT2D eigenvalue weighted by molar-refractivity contribution is 7.99. The summed E-state index contributed by atoms with van der Waals surface area (Å²) in [6, 6.07) is 10.9. The lowest BCUT2D eigenvalue weighted by molar-refractivity contribution is -0.147. The predicted molar refractivity (Wildman–Crippen MR) is 97.3 cm³/mol. The summed E-state index contributed by atoms with van der Waals surface area (Å²) in [4.78, 5) is 28.2. The highest BCUT2D eigenvalue weighted by atomic mass is 32.2.